The average molecular weight is 321 g/mol. The Balaban J connectivity index is 0.00000180. The molecule has 0 atom stereocenters. The van der Waals surface area contributed by atoms with Gasteiger partial charge in [-0.3, -0.25) is 9.78 Å². The van der Waals surface area contributed by atoms with E-state index in [0.29, 0.717) is 5.56 Å². The van der Waals surface area contributed by atoms with E-state index in [-0.39, 0.29) is 30.7 Å². The van der Waals surface area contributed by atoms with Crippen LogP contribution >= 0.6 is 24.8 Å². The second kappa shape index (κ2) is 10.9. The summed E-state index contributed by atoms with van der Waals surface area (Å²) in [6.45, 7) is 6.13. The summed E-state index contributed by atoms with van der Waals surface area (Å²) >= 11 is 0. The molecule has 0 spiro atoms. The van der Waals surface area contributed by atoms with Gasteiger partial charge in [0.2, 0.25) is 0 Å². The van der Waals surface area contributed by atoms with Gasteiger partial charge in [-0.15, -0.1) is 24.8 Å². The van der Waals surface area contributed by atoms with Gasteiger partial charge >= 0.3 is 0 Å². The molecular formula is C13H22Cl2N4O. The molecular weight excluding hydrogens is 299 g/mol. The van der Waals surface area contributed by atoms with Crippen LogP contribution in [0.4, 0.5) is 0 Å². The van der Waals surface area contributed by atoms with E-state index in [1.807, 2.05) is 0 Å². The summed E-state index contributed by atoms with van der Waals surface area (Å²) in [5.41, 5.74) is 0.625. The number of piperazine rings is 1. The van der Waals surface area contributed by atoms with Crippen molar-refractivity contribution >= 4 is 30.7 Å². The van der Waals surface area contributed by atoms with Crippen LogP contribution in [0, 0.1) is 0 Å². The fourth-order valence-corrected chi connectivity index (χ4v) is 2.04. The number of carbonyl (C=O) groups is 1. The summed E-state index contributed by atoms with van der Waals surface area (Å²) in [5.74, 6) is -0.0385. The second-order valence-corrected chi connectivity index (χ2v) is 4.44. The molecule has 2 N–H and O–H groups in total. The molecule has 1 aromatic heterocycles. The summed E-state index contributed by atoms with van der Waals surface area (Å²) in [6, 6.07) is 3.55. The normalized spacial score (nSPS) is 14.8. The zero-order chi connectivity index (χ0) is 12.6. The Morgan fingerprint density at radius 1 is 1.35 bits per heavy atom. The Bertz CT molecular complexity index is 372. The van der Waals surface area contributed by atoms with Crippen LogP contribution in [0.2, 0.25) is 0 Å². The van der Waals surface area contributed by atoms with Crippen LogP contribution in [-0.2, 0) is 0 Å². The van der Waals surface area contributed by atoms with Crippen molar-refractivity contribution in [2.24, 2.45) is 0 Å². The van der Waals surface area contributed by atoms with Crippen LogP contribution in [0.3, 0.4) is 0 Å². The molecule has 0 bridgehead atoms. The van der Waals surface area contributed by atoms with Crippen molar-refractivity contribution in [3.05, 3.63) is 30.1 Å². The molecule has 0 aliphatic carbocycles. The maximum atomic E-state index is 11.7. The van der Waals surface area contributed by atoms with E-state index in [1.54, 1.807) is 24.5 Å². The average Bonchev–Trinajstić information content (AvgIpc) is 2.45. The number of hydrogen-bond donors (Lipinski definition) is 2. The van der Waals surface area contributed by atoms with E-state index >= 15 is 0 Å². The number of hydrogen-bond acceptors (Lipinski definition) is 4. The first kappa shape index (κ1) is 19.1. The van der Waals surface area contributed by atoms with Crippen LogP contribution in [-0.4, -0.2) is 55.1 Å². The molecule has 0 aromatic carbocycles. The molecule has 1 aliphatic heterocycles. The fourth-order valence-electron chi connectivity index (χ4n) is 2.04. The van der Waals surface area contributed by atoms with E-state index < -0.39 is 0 Å². The number of aromatic nitrogens is 1. The quantitative estimate of drug-likeness (QED) is 0.793. The third kappa shape index (κ3) is 6.52. The van der Waals surface area contributed by atoms with Crippen LogP contribution < -0.4 is 10.6 Å². The van der Waals surface area contributed by atoms with Crippen LogP contribution in [0.5, 0.6) is 0 Å². The molecule has 114 valence electrons. The van der Waals surface area contributed by atoms with Crippen LogP contribution in [0.25, 0.3) is 0 Å². The third-order valence-corrected chi connectivity index (χ3v) is 3.07. The predicted octanol–water partition coefficient (Wildman–Crippen LogP) is 0.950. The van der Waals surface area contributed by atoms with Gasteiger partial charge in [-0.2, -0.15) is 0 Å². The van der Waals surface area contributed by atoms with Gasteiger partial charge in [0.1, 0.15) is 0 Å². The first-order chi connectivity index (χ1) is 8.86. The summed E-state index contributed by atoms with van der Waals surface area (Å²) < 4.78 is 0. The summed E-state index contributed by atoms with van der Waals surface area (Å²) in [5, 5.41) is 6.24. The minimum absolute atomic E-state index is 0. The smallest absolute Gasteiger partial charge is 0.252 e. The standard InChI is InChI=1S/C13H20N4O.2ClH/c18-13(12-3-1-4-15-11-12)16-5-2-8-17-9-6-14-7-10-17;;/h1,3-4,11,14H,2,5-10H2,(H,16,18);2*1H. The van der Waals surface area contributed by atoms with Gasteiger partial charge in [0.25, 0.3) is 5.91 Å². The van der Waals surface area contributed by atoms with E-state index in [2.05, 4.69) is 20.5 Å². The zero-order valence-electron chi connectivity index (χ0n) is 11.4. The number of pyridine rings is 1. The van der Waals surface area contributed by atoms with Crippen molar-refractivity contribution in [2.75, 3.05) is 39.3 Å². The van der Waals surface area contributed by atoms with Gasteiger partial charge in [0.15, 0.2) is 0 Å². The van der Waals surface area contributed by atoms with Crippen LogP contribution in [0.1, 0.15) is 16.8 Å². The van der Waals surface area contributed by atoms with E-state index in [4.69, 9.17) is 0 Å². The first-order valence-corrected chi connectivity index (χ1v) is 6.47. The number of amides is 1. The summed E-state index contributed by atoms with van der Waals surface area (Å²) in [6.07, 6.45) is 4.25. The van der Waals surface area contributed by atoms with E-state index in [9.17, 15) is 4.79 Å². The Morgan fingerprint density at radius 2 is 2.10 bits per heavy atom. The number of rotatable bonds is 5. The second-order valence-electron chi connectivity index (χ2n) is 4.44. The van der Waals surface area contributed by atoms with Gasteiger partial charge in [-0.25, -0.2) is 0 Å². The minimum atomic E-state index is -0.0385. The molecule has 1 aliphatic rings. The highest BCUT2D eigenvalue weighted by Crippen LogP contribution is 1.96. The SMILES string of the molecule is Cl.Cl.O=C(NCCCN1CCNCC1)c1cccnc1. The minimum Gasteiger partial charge on any atom is -0.352 e. The van der Waals surface area contributed by atoms with Crippen molar-refractivity contribution < 1.29 is 4.79 Å². The Kier molecular flexibility index (Phi) is 10.4. The topological polar surface area (TPSA) is 57.3 Å². The fraction of sp³-hybridized carbons (Fsp3) is 0.538. The Labute approximate surface area is 132 Å². The molecule has 1 amide bonds. The molecule has 2 rings (SSSR count). The number of nitrogens with zero attached hydrogens (tertiary/aromatic N) is 2. The third-order valence-electron chi connectivity index (χ3n) is 3.07. The van der Waals surface area contributed by atoms with Gasteiger partial charge in [0, 0.05) is 45.1 Å². The highest BCUT2D eigenvalue weighted by Gasteiger charge is 2.09. The first-order valence-electron chi connectivity index (χ1n) is 6.47. The lowest BCUT2D eigenvalue weighted by Gasteiger charge is -2.27. The number of carbonyl (C=O) groups excluding carboxylic acids is 1. The van der Waals surface area contributed by atoms with Crippen molar-refractivity contribution in [1.82, 2.24) is 20.5 Å². The molecule has 1 aromatic rings. The predicted molar refractivity (Wildman–Crippen MR) is 85.0 cm³/mol. The lowest BCUT2D eigenvalue weighted by molar-refractivity contribution is 0.0951. The van der Waals surface area contributed by atoms with E-state index in [0.717, 1.165) is 45.7 Å². The monoisotopic (exact) mass is 320 g/mol. The largest absolute Gasteiger partial charge is 0.352 e. The molecule has 7 heteroatoms. The molecule has 0 saturated carbocycles. The molecule has 1 fully saturated rings. The maximum Gasteiger partial charge on any atom is 0.252 e. The number of nitrogens with one attached hydrogen (secondary N) is 2. The van der Waals surface area contributed by atoms with Crippen molar-refractivity contribution in [2.45, 2.75) is 6.42 Å². The molecule has 5 nitrogen and oxygen atoms in total. The lowest BCUT2D eigenvalue weighted by atomic mass is 10.2. The van der Waals surface area contributed by atoms with Gasteiger partial charge in [-0.05, 0) is 25.1 Å². The maximum absolute atomic E-state index is 11.7. The van der Waals surface area contributed by atoms with Crippen molar-refractivity contribution in [1.29, 1.82) is 0 Å². The molecule has 20 heavy (non-hydrogen) atoms. The zero-order valence-corrected chi connectivity index (χ0v) is 13.0. The molecule has 2 heterocycles. The van der Waals surface area contributed by atoms with Gasteiger partial charge < -0.3 is 15.5 Å². The van der Waals surface area contributed by atoms with Crippen molar-refractivity contribution in [3.8, 4) is 0 Å². The van der Waals surface area contributed by atoms with Gasteiger partial charge in [0.05, 0.1) is 5.56 Å². The molecule has 0 radical (unpaired) electrons. The van der Waals surface area contributed by atoms with Crippen molar-refractivity contribution in [3.63, 3.8) is 0 Å². The summed E-state index contributed by atoms with van der Waals surface area (Å²) in [7, 11) is 0. The lowest BCUT2D eigenvalue weighted by Crippen LogP contribution is -2.44. The van der Waals surface area contributed by atoms with Crippen LogP contribution in [0.15, 0.2) is 24.5 Å². The van der Waals surface area contributed by atoms with E-state index in [1.165, 1.54) is 0 Å². The highest BCUT2D eigenvalue weighted by atomic mass is 35.5. The Morgan fingerprint density at radius 3 is 2.75 bits per heavy atom. The number of halogens is 2. The molecule has 1 saturated heterocycles. The molecule has 0 unspecified atom stereocenters. The van der Waals surface area contributed by atoms with Gasteiger partial charge in [-0.1, -0.05) is 0 Å². The Hall–Kier alpha value is -0.880. The summed E-state index contributed by atoms with van der Waals surface area (Å²) in [4.78, 5) is 18.1. The highest BCUT2D eigenvalue weighted by molar-refractivity contribution is 5.93.